The fraction of sp³-hybridized carbons (Fsp3) is 0.667. The number of halogens is 2. The second kappa shape index (κ2) is 4.69. The van der Waals surface area contributed by atoms with Gasteiger partial charge >= 0.3 is 0 Å². The Balaban J connectivity index is 1.98. The van der Waals surface area contributed by atoms with E-state index in [4.69, 9.17) is 27.9 Å². The van der Waals surface area contributed by atoms with Crippen LogP contribution in [0, 0.1) is 0 Å². The molecular formula is C9H12Cl2N4O. The Labute approximate surface area is 104 Å². The summed E-state index contributed by atoms with van der Waals surface area (Å²) >= 11 is 11.3. The van der Waals surface area contributed by atoms with Crippen molar-refractivity contribution in [3.8, 4) is 0 Å². The van der Waals surface area contributed by atoms with Crippen molar-refractivity contribution in [3.05, 3.63) is 10.6 Å². The Morgan fingerprint density at radius 2 is 1.88 bits per heavy atom. The summed E-state index contributed by atoms with van der Waals surface area (Å²) in [5.41, 5.74) is -0.0917. The highest BCUT2D eigenvalue weighted by Gasteiger charge is 2.36. The van der Waals surface area contributed by atoms with Crippen molar-refractivity contribution in [2.45, 2.75) is 24.9 Å². The number of methoxy groups -OCH3 is 1. The zero-order chi connectivity index (χ0) is 11.6. The van der Waals surface area contributed by atoms with Gasteiger partial charge in [0.1, 0.15) is 0 Å². The molecule has 1 aliphatic rings. The molecular weight excluding hydrogens is 251 g/mol. The lowest BCUT2D eigenvalue weighted by atomic mass is 9.80. The molecule has 1 N–H and O–H groups in total. The molecule has 7 heteroatoms. The largest absolute Gasteiger partial charge is 0.376 e. The summed E-state index contributed by atoms with van der Waals surface area (Å²) in [5, 5.41) is 3.24. The molecule has 1 aromatic heterocycles. The van der Waals surface area contributed by atoms with Gasteiger partial charge in [0.2, 0.25) is 16.5 Å². The van der Waals surface area contributed by atoms with E-state index < -0.39 is 0 Å². The van der Waals surface area contributed by atoms with E-state index in [2.05, 4.69) is 20.3 Å². The number of aromatic nitrogens is 3. The summed E-state index contributed by atoms with van der Waals surface area (Å²) < 4.78 is 5.46. The van der Waals surface area contributed by atoms with Crippen molar-refractivity contribution in [1.82, 2.24) is 15.0 Å². The number of rotatable bonds is 4. The van der Waals surface area contributed by atoms with E-state index in [0.29, 0.717) is 12.5 Å². The molecule has 2 rings (SSSR count). The van der Waals surface area contributed by atoms with Gasteiger partial charge in [-0.05, 0) is 42.5 Å². The summed E-state index contributed by atoms with van der Waals surface area (Å²) in [6.45, 7) is 0.653. The second-order valence-corrected chi connectivity index (χ2v) is 4.47. The maximum atomic E-state index is 5.66. The molecule has 5 nitrogen and oxygen atoms in total. The summed E-state index contributed by atoms with van der Waals surface area (Å²) in [4.78, 5) is 11.5. The Bertz CT molecular complexity index is 358. The molecule has 1 aliphatic carbocycles. The van der Waals surface area contributed by atoms with Gasteiger partial charge in [-0.1, -0.05) is 0 Å². The SMILES string of the molecule is COC1(CNc2nc(Cl)nc(Cl)n2)CCC1. The van der Waals surface area contributed by atoms with Crippen LogP contribution in [0.1, 0.15) is 19.3 Å². The van der Waals surface area contributed by atoms with E-state index in [0.717, 1.165) is 12.8 Å². The number of hydrogen-bond acceptors (Lipinski definition) is 5. The highest BCUT2D eigenvalue weighted by atomic mass is 35.5. The first kappa shape index (κ1) is 11.8. The predicted molar refractivity (Wildman–Crippen MR) is 61.9 cm³/mol. The molecule has 88 valence electrons. The molecule has 1 heterocycles. The number of ether oxygens (including phenoxy) is 1. The highest BCUT2D eigenvalue weighted by Crippen LogP contribution is 2.34. The lowest BCUT2D eigenvalue weighted by molar-refractivity contribution is -0.0602. The topological polar surface area (TPSA) is 59.9 Å². The summed E-state index contributed by atoms with van der Waals surface area (Å²) in [7, 11) is 1.72. The lowest BCUT2D eigenvalue weighted by Gasteiger charge is -2.40. The zero-order valence-electron chi connectivity index (χ0n) is 8.83. The van der Waals surface area contributed by atoms with Crippen LogP contribution in [0.25, 0.3) is 0 Å². The average Bonchev–Trinajstić information content (AvgIpc) is 2.15. The maximum absolute atomic E-state index is 5.66. The summed E-state index contributed by atoms with van der Waals surface area (Å²) in [6.07, 6.45) is 3.28. The minimum absolute atomic E-state index is 0.0857. The lowest BCUT2D eigenvalue weighted by Crippen LogP contribution is -2.45. The van der Waals surface area contributed by atoms with Gasteiger partial charge in [0.05, 0.1) is 5.60 Å². The molecule has 0 spiro atoms. The molecule has 0 radical (unpaired) electrons. The smallest absolute Gasteiger partial charge is 0.228 e. The molecule has 0 saturated heterocycles. The molecule has 1 saturated carbocycles. The molecule has 0 aliphatic heterocycles. The van der Waals surface area contributed by atoms with E-state index >= 15 is 0 Å². The Hall–Kier alpha value is -0.650. The molecule has 0 atom stereocenters. The van der Waals surface area contributed by atoms with Crippen LogP contribution in [-0.4, -0.2) is 34.2 Å². The predicted octanol–water partition coefficient (Wildman–Crippen LogP) is 2.16. The van der Waals surface area contributed by atoms with Crippen molar-refractivity contribution in [2.24, 2.45) is 0 Å². The number of nitrogens with one attached hydrogen (secondary N) is 1. The van der Waals surface area contributed by atoms with Crippen LogP contribution in [0.2, 0.25) is 10.6 Å². The Morgan fingerprint density at radius 3 is 2.31 bits per heavy atom. The van der Waals surface area contributed by atoms with E-state index in [1.165, 1.54) is 6.42 Å². The standard InChI is InChI=1S/C9H12Cl2N4O/c1-16-9(3-2-4-9)5-12-8-14-6(10)13-7(11)15-8/h2-5H2,1H3,(H,12,13,14,15). The van der Waals surface area contributed by atoms with E-state index in [-0.39, 0.29) is 16.2 Å². The first-order chi connectivity index (χ1) is 7.63. The van der Waals surface area contributed by atoms with Gasteiger partial charge < -0.3 is 10.1 Å². The van der Waals surface area contributed by atoms with Gasteiger partial charge in [-0.3, -0.25) is 0 Å². The Morgan fingerprint density at radius 1 is 1.25 bits per heavy atom. The fourth-order valence-electron chi connectivity index (χ4n) is 1.67. The first-order valence-electron chi connectivity index (χ1n) is 5.00. The third-order valence-corrected chi connectivity index (χ3v) is 3.19. The normalized spacial score (nSPS) is 17.9. The molecule has 16 heavy (non-hydrogen) atoms. The van der Waals surface area contributed by atoms with Crippen LogP contribution >= 0.6 is 23.2 Å². The quantitative estimate of drug-likeness (QED) is 0.901. The van der Waals surface area contributed by atoms with Crippen LogP contribution in [-0.2, 0) is 4.74 Å². The van der Waals surface area contributed by atoms with Crippen LogP contribution < -0.4 is 5.32 Å². The summed E-state index contributed by atoms with van der Waals surface area (Å²) in [5.74, 6) is 0.383. The average molecular weight is 263 g/mol. The minimum Gasteiger partial charge on any atom is -0.376 e. The van der Waals surface area contributed by atoms with E-state index in [1.54, 1.807) is 7.11 Å². The highest BCUT2D eigenvalue weighted by molar-refractivity contribution is 6.31. The van der Waals surface area contributed by atoms with Crippen LogP contribution in [0.3, 0.4) is 0 Å². The molecule has 1 fully saturated rings. The van der Waals surface area contributed by atoms with Gasteiger partial charge in [-0.25, -0.2) is 0 Å². The third-order valence-electron chi connectivity index (χ3n) is 2.85. The molecule has 1 aromatic rings. The first-order valence-corrected chi connectivity index (χ1v) is 5.75. The summed E-state index contributed by atoms with van der Waals surface area (Å²) in [6, 6.07) is 0. The number of hydrogen-bond donors (Lipinski definition) is 1. The molecule has 0 unspecified atom stereocenters. The maximum Gasteiger partial charge on any atom is 0.228 e. The van der Waals surface area contributed by atoms with Gasteiger partial charge in [0, 0.05) is 13.7 Å². The van der Waals surface area contributed by atoms with Crippen molar-refractivity contribution >= 4 is 29.2 Å². The van der Waals surface area contributed by atoms with Crippen molar-refractivity contribution in [2.75, 3.05) is 19.0 Å². The van der Waals surface area contributed by atoms with Crippen LogP contribution in [0.4, 0.5) is 5.95 Å². The molecule has 0 amide bonds. The van der Waals surface area contributed by atoms with Gasteiger partial charge in [0.25, 0.3) is 0 Å². The van der Waals surface area contributed by atoms with E-state index in [1.807, 2.05) is 0 Å². The minimum atomic E-state index is -0.0917. The van der Waals surface area contributed by atoms with Gasteiger partial charge in [-0.2, -0.15) is 15.0 Å². The van der Waals surface area contributed by atoms with Gasteiger partial charge in [0.15, 0.2) is 0 Å². The van der Waals surface area contributed by atoms with Crippen LogP contribution in [0.5, 0.6) is 0 Å². The van der Waals surface area contributed by atoms with Crippen LogP contribution in [0.15, 0.2) is 0 Å². The molecule has 0 bridgehead atoms. The van der Waals surface area contributed by atoms with E-state index in [9.17, 15) is 0 Å². The van der Waals surface area contributed by atoms with Crippen molar-refractivity contribution in [1.29, 1.82) is 0 Å². The number of anilines is 1. The Kier molecular flexibility index (Phi) is 3.47. The van der Waals surface area contributed by atoms with Crippen molar-refractivity contribution < 1.29 is 4.74 Å². The second-order valence-electron chi connectivity index (χ2n) is 3.79. The monoisotopic (exact) mass is 262 g/mol. The van der Waals surface area contributed by atoms with Gasteiger partial charge in [-0.15, -0.1) is 0 Å². The van der Waals surface area contributed by atoms with Crippen molar-refractivity contribution in [3.63, 3.8) is 0 Å². The third kappa shape index (κ3) is 2.53. The number of nitrogens with zero attached hydrogens (tertiary/aromatic N) is 3. The fourth-order valence-corrected chi connectivity index (χ4v) is 2.03. The zero-order valence-corrected chi connectivity index (χ0v) is 10.3. The molecule has 0 aromatic carbocycles.